The van der Waals surface area contributed by atoms with Gasteiger partial charge < -0.3 is 25.4 Å². The first-order valence-corrected chi connectivity index (χ1v) is 9.68. The highest BCUT2D eigenvalue weighted by Crippen LogP contribution is 2.04. The summed E-state index contributed by atoms with van der Waals surface area (Å²) in [6.45, 7) is 8.62. The van der Waals surface area contributed by atoms with Gasteiger partial charge in [-0.1, -0.05) is 25.5 Å². The van der Waals surface area contributed by atoms with Crippen LogP contribution >= 0.6 is 24.0 Å². The average Bonchev–Trinajstić information content (AvgIpc) is 2.69. The first-order valence-electron chi connectivity index (χ1n) is 9.68. The van der Waals surface area contributed by atoms with Crippen molar-refractivity contribution in [3.05, 3.63) is 35.4 Å². The van der Waals surface area contributed by atoms with Gasteiger partial charge in [0.05, 0.1) is 19.8 Å². The van der Waals surface area contributed by atoms with Crippen LogP contribution in [0.15, 0.2) is 29.3 Å². The Hall–Kier alpha value is -1.39. The van der Waals surface area contributed by atoms with Crippen molar-refractivity contribution in [1.82, 2.24) is 16.0 Å². The molecule has 0 aliphatic heterocycles. The lowest BCUT2D eigenvalue weighted by Crippen LogP contribution is -2.38. The van der Waals surface area contributed by atoms with Gasteiger partial charge in [0.1, 0.15) is 0 Å². The molecule has 0 aliphatic rings. The monoisotopic (exact) mass is 506 g/mol. The Bertz CT molecular complexity index is 553. The number of aliphatic imine (C=N–C) groups is 1. The Balaban J connectivity index is 0.00000729. The van der Waals surface area contributed by atoms with Gasteiger partial charge in [-0.2, -0.15) is 0 Å². The fourth-order valence-electron chi connectivity index (χ4n) is 2.25. The lowest BCUT2D eigenvalue weighted by atomic mass is 10.1. The number of halogens is 1. The van der Waals surface area contributed by atoms with Gasteiger partial charge in [-0.25, -0.2) is 0 Å². The first-order chi connectivity index (χ1) is 13.2. The van der Waals surface area contributed by atoms with Crippen molar-refractivity contribution in [2.24, 2.45) is 4.99 Å². The van der Waals surface area contributed by atoms with Gasteiger partial charge in [-0.05, 0) is 31.0 Å². The quantitative estimate of drug-likeness (QED) is 0.166. The summed E-state index contributed by atoms with van der Waals surface area (Å²) in [5, 5.41) is 9.24. The van der Waals surface area contributed by atoms with E-state index in [1.54, 1.807) is 7.05 Å². The molecule has 1 rings (SSSR count). The Morgan fingerprint density at radius 2 is 1.64 bits per heavy atom. The third-order valence-corrected chi connectivity index (χ3v) is 3.79. The van der Waals surface area contributed by atoms with Crippen LogP contribution in [0, 0.1) is 0 Å². The fraction of sp³-hybridized carbons (Fsp3) is 0.600. The molecule has 7 nitrogen and oxygen atoms in total. The Morgan fingerprint density at radius 1 is 0.964 bits per heavy atom. The predicted octanol–water partition coefficient (Wildman–Crippen LogP) is 2.55. The number of carbonyl (C=O) groups excluding carboxylic acids is 1. The van der Waals surface area contributed by atoms with E-state index in [4.69, 9.17) is 9.47 Å². The van der Waals surface area contributed by atoms with E-state index in [-0.39, 0.29) is 29.9 Å². The van der Waals surface area contributed by atoms with Gasteiger partial charge in [0.2, 0.25) is 0 Å². The normalized spacial score (nSPS) is 10.9. The molecule has 0 radical (unpaired) electrons. The lowest BCUT2D eigenvalue weighted by molar-refractivity contribution is 0.0487. The van der Waals surface area contributed by atoms with Crippen LogP contribution in [0.4, 0.5) is 0 Å². The molecule has 1 aromatic rings. The van der Waals surface area contributed by atoms with Crippen molar-refractivity contribution < 1.29 is 14.3 Å². The maximum Gasteiger partial charge on any atom is 0.251 e. The molecule has 3 N–H and O–H groups in total. The minimum atomic E-state index is -0.0507. The van der Waals surface area contributed by atoms with Gasteiger partial charge in [0.15, 0.2) is 5.96 Å². The Kier molecular flexibility index (Phi) is 16.8. The van der Waals surface area contributed by atoms with Crippen LogP contribution in [0.3, 0.4) is 0 Å². The number of unbranched alkanes of at least 4 members (excludes halogenated alkanes) is 1. The lowest BCUT2D eigenvalue weighted by Gasteiger charge is -2.12. The summed E-state index contributed by atoms with van der Waals surface area (Å²) in [6.07, 6.45) is 2.24. The summed E-state index contributed by atoms with van der Waals surface area (Å²) in [5.41, 5.74) is 1.74. The van der Waals surface area contributed by atoms with Crippen LogP contribution in [0.2, 0.25) is 0 Å². The molecule has 0 heterocycles. The largest absolute Gasteiger partial charge is 0.379 e. The highest BCUT2D eigenvalue weighted by Gasteiger charge is 2.04. The molecule has 0 unspecified atom stereocenters. The minimum Gasteiger partial charge on any atom is -0.379 e. The van der Waals surface area contributed by atoms with Gasteiger partial charge in [0, 0.05) is 38.9 Å². The molecule has 0 bridgehead atoms. The highest BCUT2D eigenvalue weighted by atomic mass is 127. The van der Waals surface area contributed by atoms with E-state index in [1.165, 1.54) is 0 Å². The first kappa shape index (κ1) is 26.6. The Labute approximate surface area is 186 Å². The van der Waals surface area contributed by atoms with Crippen LogP contribution in [0.25, 0.3) is 0 Å². The zero-order chi connectivity index (χ0) is 19.7. The standard InChI is InChI=1S/C20H34N4O3.HI/c1-4-6-12-26-14-15-27-13-11-23-20(21-3)24-16-17-7-9-18(10-8-17)19(25)22-5-2;/h7-10H,4-6,11-16H2,1-3H3,(H,22,25)(H2,21,23,24);1H. The number of hydrogen-bond acceptors (Lipinski definition) is 4. The number of amides is 1. The smallest absolute Gasteiger partial charge is 0.251 e. The molecule has 0 fully saturated rings. The van der Waals surface area contributed by atoms with E-state index in [0.29, 0.717) is 51.0 Å². The average molecular weight is 506 g/mol. The van der Waals surface area contributed by atoms with Crippen LogP contribution < -0.4 is 16.0 Å². The number of nitrogens with one attached hydrogen (secondary N) is 3. The van der Waals surface area contributed by atoms with E-state index in [9.17, 15) is 4.79 Å². The van der Waals surface area contributed by atoms with Crippen LogP contribution in [-0.4, -0.2) is 58.4 Å². The summed E-state index contributed by atoms with van der Waals surface area (Å²) < 4.78 is 11.0. The van der Waals surface area contributed by atoms with Gasteiger partial charge >= 0.3 is 0 Å². The summed E-state index contributed by atoms with van der Waals surface area (Å²) >= 11 is 0. The third kappa shape index (κ3) is 12.1. The molecular formula is C20H35IN4O3. The summed E-state index contributed by atoms with van der Waals surface area (Å²) in [4.78, 5) is 15.9. The van der Waals surface area contributed by atoms with E-state index >= 15 is 0 Å². The molecular weight excluding hydrogens is 471 g/mol. The molecule has 8 heteroatoms. The summed E-state index contributed by atoms with van der Waals surface area (Å²) in [7, 11) is 1.73. The number of guanidine groups is 1. The second-order valence-corrected chi connectivity index (χ2v) is 5.99. The second kappa shape index (κ2) is 17.7. The zero-order valence-electron chi connectivity index (χ0n) is 17.3. The van der Waals surface area contributed by atoms with Crippen molar-refractivity contribution in [2.75, 3.05) is 46.6 Å². The van der Waals surface area contributed by atoms with Crippen molar-refractivity contribution in [2.45, 2.75) is 33.2 Å². The fourth-order valence-corrected chi connectivity index (χ4v) is 2.25. The molecule has 1 aromatic carbocycles. The van der Waals surface area contributed by atoms with Crippen LogP contribution in [0.1, 0.15) is 42.6 Å². The number of carbonyl (C=O) groups is 1. The predicted molar refractivity (Wildman–Crippen MR) is 125 cm³/mol. The van der Waals surface area contributed by atoms with Crippen molar-refractivity contribution >= 4 is 35.8 Å². The molecule has 1 amide bonds. The van der Waals surface area contributed by atoms with Gasteiger partial charge in [-0.3, -0.25) is 9.79 Å². The van der Waals surface area contributed by atoms with E-state index in [1.807, 2.05) is 31.2 Å². The van der Waals surface area contributed by atoms with Crippen molar-refractivity contribution in [3.63, 3.8) is 0 Å². The topological polar surface area (TPSA) is 84.0 Å². The number of benzene rings is 1. The maximum atomic E-state index is 11.8. The summed E-state index contributed by atoms with van der Waals surface area (Å²) in [6, 6.07) is 7.53. The summed E-state index contributed by atoms with van der Waals surface area (Å²) in [5.74, 6) is 0.663. The molecule has 0 saturated carbocycles. The molecule has 0 spiro atoms. The zero-order valence-corrected chi connectivity index (χ0v) is 19.6. The van der Waals surface area contributed by atoms with Crippen molar-refractivity contribution in [3.8, 4) is 0 Å². The molecule has 0 saturated heterocycles. The van der Waals surface area contributed by atoms with Crippen LogP contribution in [0.5, 0.6) is 0 Å². The number of nitrogens with zero attached hydrogens (tertiary/aromatic N) is 1. The molecule has 0 aromatic heterocycles. The van der Waals surface area contributed by atoms with Crippen molar-refractivity contribution in [1.29, 1.82) is 0 Å². The van der Waals surface area contributed by atoms with Gasteiger partial charge in [-0.15, -0.1) is 24.0 Å². The number of ether oxygens (including phenoxy) is 2. The molecule has 160 valence electrons. The second-order valence-electron chi connectivity index (χ2n) is 5.99. The van der Waals surface area contributed by atoms with Gasteiger partial charge in [0.25, 0.3) is 5.91 Å². The third-order valence-electron chi connectivity index (χ3n) is 3.79. The molecule has 28 heavy (non-hydrogen) atoms. The van der Waals surface area contributed by atoms with Crippen LogP contribution in [-0.2, 0) is 16.0 Å². The van der Waals surface area contributed by atoms with E-state index in [0.717, 1.165) is 25.0 Å². The van der Waals surface area contributed by atoms with E-state index < -0.39 is 0 Å². The Morgan fingerprint density at radius 3 is 2.25 bits per heavy atom. The minimum absolute atomic E-state index is 0. The van der Waals surface area contributed by atoms with E-state index in [2.05, 4.69) is 27.9 Å². The highest BCUT2D eigenvalue weighted by molar-refractivity contribution is 14.0. The molecule has 0 atom stereocenters. The number of rotatable bonds is 13. The SMILES string of the molecule is CCCCOCCOCCNC(=NC)NCc1ccc(C(=O)NCC)cc1.I. The molecule has 0 aliphatic carbocycles. The number of hydrogen-bond donors (Lipinski definition) is 3. The maximum absolute atomic E-state index is 11.8.